The molecule has 0 saturated carbocycles. The number of aromatic nitrogens is 3. The Labute approximate surface area is 168 Å². The fourth-order valence-electron chi connectivity index (χ4n) is 2.50. The molecule has 1 aliphatic rings. The molecule has 0 aliphatic carbocycles. The number of thioether (sulfide) groups is 1. The number of fused-ring (bicyclic) bond motifs is 1. The first kappa shape index (κ1) is 20.0. The number of hydrogen-bond acceptors (Lipinski definition) is 10. The first-order valence-corrected chi connectivity index (χ1v) is 11.1. The van der Waals surface area contributed by atoms with E-state index in [9.17, 15) is 9.59 Å². The topological polar surface area (TPSA) is 109 Å². The van der Waals surface area contributed by atoms with Gasteiger partial charge in [-0.25, -0.2) is 9.78 Å². The van der Waals surface area contributed by atoms with Crippen LogP contribution in [0.25, 0.3) is 0 Å². The largest absolute Gasteiger partial charge is 0.450 e. The summed E-state index contributed by atoms with van der Waals surface area (Å²) < 4.78 is 5.72. The van der Waals surface area contributed by atoms with E-state index >= 15 is 0 Å². The number of rotatable bonds is 7. The second kappa shape index (κ2) is 9.44. The molecule has 146 valence electrons. The van der Waals surface area contributed by atoms with Crippen LogP contribution in [0.3, 0.4) is 0 Å². The molecule has 3 rings (SSSR count). The van der Waals surface area contributed by atoms with Gasteiger partial charge in [0.05, 0.1) is 18.8 Å². The molecule has 2 N–H and O–H groups in total. The van der Waals surface area contributed by atoms with Gasteiger partial charge in [0, 0.05) is 24.4 Å². The summed E-state index contributed by atoms with van der Waals surface area (Å²) in [6.45, 7) is 5.73. The van der Waals surface area contributed by atoms with E-state index in [1.165, 1.54) is 22.7 Å². The van der Waals surface area contributed by atoms with Gasteiger partial charge in [-0.3, -0.25) is 20.3 Å². The van der Waals surface area contributed by atoms with Gasteiger partial charge in [0.15, 0.2) is 9.47 Å². The molecule has 0 bridgehead atoms. The molecule has 2 aromatic heterocycles. The number of nitrogens with zero attached hydrogens (tertiary/aromatic N) is 4. The zero-order valence-corrected chi connectivity index (χ0v) is 17.4. The van der Waals surface area contributed by atoms with E-state index < -0.39 is 6.09 Å². The Morgan fingerprint density at radius 1 is 1.22 bits per heavy atom. The lowest BCUT2D eigenvalue weighted by molar-refractivity contribution is -0.117. The Bertz CT molecular complexity index is 809. The Kier molecular flexibility index (Phi) is 6.99. The van der Waals surface area contributed by atoms with Gasteiger partial charge in [0.1, 0.15) is 0 Å². The lowest BCUT2D eigenvalue weighted by Crippen LogP contribution is -2.36. The van der Waals surface area contributed by atoms with Crippen LogP contribution in [0.1, 0.15) is 24.4 Å². The van der Waals surface area contributed by atoms with Crippen LogP contribution in [0.4, 0.5) is 15.1 Å². The second-order valence-electron chi connectivity index (χ2n) is 5.55. The number of hydrogen-bond donors (Lipinski definition) is 2. The van der Waals surface area contributed by atoms with Crippen molar-refractivity contribution in [2.45, 2.75) is 31.2 Å². The molecule has 0 spiro atoms. The fourth-order valence-corrected chi connectivity index (χ4v) is 5.20. The average Bonchev–Trinajstić information content (AvgIpc) is 3.21. The van der Waals surface area contributed by atoms with Crippen LogP contribution in [-0.2, 0) is 22.5 Å². The first-order valence-electron chi connectivity index (χ1n) is 8.48. The van der Waals surface area contributed by atoms with Crippen molar-refractivity contribution >= 4 is 56.7 Å². The van der Waals surface area contributed by atoms with Crippen molar-refractivity contribution in [2.24, 2.45) is 0 Å². The number of nitrogens with one attached hydrogen (secondary N) is 2. The minimum Gasteiger partial charge on any atom is -0.450 e. The third kappa shape index (κ3) is 5.61. The molecule has 12 heteroatoms. The third-order valence-electron chi connectivity index (χ3n) is 3.58. The molecule has 0 saturated heterocycles. The van der Waals surface area contributed by atoms with Crippen molar-refractivity contribution in [3.05, 3.63) is 10.6 Å². The summed E-state index contributed by atoms with van der Waals surface area (Å²) in [6, 6.07) is 0. The van der Waals surface area contributed by atoms with Gasteiger partial charge in [0.2, 0.25) is 11.0 Å². The number of carbonyl (C=O) groups excluding carboxylic acids is 2. The lowest BCUT2D eigenvalue weighted by atomic mass is 10.2. The molecule has 1 aliphatic heterocycles. The summed E-state index contributed by atoms with van der Waals surface area (Å²) in [5, 5.41) is 14.5. The highest BCUT2D eigenvalue weighted by molar-refractivity contribution is 8.01. The molecule has 2 aromatic rings. The van der Waals surface area contributed by atoms with Gasteiger partial charge >= 0.3 is 6.09 Å². The Morgan fingerprint density at radius 3 is 2.85 bits per heavy atom. The van der Waals surface area contributed by atoms with Crippen molar-refractivity contribution < 1.29 is 14.3 Å². The van der Waals surface area contributed by atoms with Crippen LogP contribution in [0.2, 0.25) is 0 Å². The summed E-state index contributed by atoms with van der Waals surface area (Å²) >= 11 is 4.39. The maximum absolute atomic E-state index is 12.3. The Morgan fingerprint density at radius 2 is 2.07 bits per heavy atom. The van der Waals surface area contributed by atoms with Crippen LogP contribution < -0.4 is 10.6 Å². The van der Waals surface area contributed by atoms with E-state index in [2.05, 4.69) is 25.8 Å². The zero-order chi connectivity index (χ0) is 19.2. The molecule has 0 radical (unpaired) electrons. The fraction of sp³-hybridized carbons (Fsp3) is 0.533. The number of carbonyl (C=O) groups is 2. The molecule has 0 unspecified atom stereocenters. The molecule has 27 heavy (non-hydrogen) atoms. The van der Waals surface area contributed by atoms with E-state index in [1.807, 2.05) is 11.8 Å². The maximum Gasteiger partial charge on any atom is 0.413 e. The van der Waals surface area contributed by atoms with Crippen LogP contribution in [0.5, 0.6) is 0 Å². The number of ether oxygens (including phenoxy) is 1. The average molecular weight is 429 g/mol. The minimum absolute atomic E-state index is 0.114. The lowest BCUT2D eigenvalue weighted by Gasteiger charge is -2.24. The SMILES string of the molecule is CCOC(=O)Nc1nc2c(s1)CN(CC(=O)Nc1nnc(SCC)s1)CC2. The first-order chi connectivity index (χ1) is 13.1. The molecule has 9 nitrogen and oxygen atoms in total. The Balaban J connectivity index is 1.52. The monoisotopic (exact) mass is 428 g/mol. The van der Waals surface area contributed by atoms with Gasteiger partial charge in [-0.1, -0.05) is 41.4 Å². The number of anilines is 2. The molecular formula is C15H20N6O3S3. The Hall–Kier alpha value is -1.76. The van der Waals surface area contributed by atoms with Crippen LogP contribution in [0, 0.1) is 0 Å². The summed E-state index contributed by atoms with van der Waals surface area (Å²) in [6.07, 6.45) is 0.234. The van der Waals surface area contributed by atoms with E-state index in [1.54, 1.807) is 18.7 Å². The van der Waals surface area contributed by atoms with Crippen LogP contribution in [-0.4, -0.2) is 57.5 Å². The van der Waals surface area contributed by atoms with Crippen molar-refractivity contribution in [2.75, 3.05) is 36.1 Å². The van der Waals surface area contributed by atoms with Gasteiger partial charge in [-0.05, 0) is 12.7 Å². The second-order valence-corrected chi connectivity index (χ2v) is 9.12. The zero-order valence-electron chi connectivity index (χ0n) is 15.0. The van der Waals surface area contributed by atoms with Gasteiger partial charge < -0.3 is 4.74 Å². The van der Waals surface area contributed by atoms with Crippen molar-refractivity contribution in [3.8, 4) is 0 Å². The third-order valence-corrected chi connectivity index (χ3v) is 6.43. The van der Waals surface area contributed by atoms with Gasteiger partial charge in [-0.15, -0.1) is 10.2 Å². The minimum atomic E-state index is -0.502. The smallest absolute Gasteiger partial charge is 0.413 e. The van der Waals surface area contributed by atoms with Crippen LogP contribution in [0.15, 0.2) is 4.34 Å². The van der Waals surface area contributed by atoms with Crippen molar-refractivity contribution in [3.63, 3.8) is 0 Å². The summed E-state index contributed by atoms with van der Waals surface area (Å²) in [4.78, 5) is 31.3. The van der Waals surface area contributed by atoms with E-state index in [0.717, 1.165) is 33.6 Å². The molecular weight excluding hydrogens is 408 g/mol. The molecule has 3 heterocycles. The van der Waals surface area contributed by atoms with E-state index in [0.29, 0.717) is 23.4 Å². The van der Waals surface area contributed by atoms with Crippen molar-refractivity contribution in [1.82, 2.24) is 20.1 Å². The molecule has 0 atom stereocenters. The molecule has 2 amide bonds. The normalized spacial score (nSPS) is 13.9. The van der Waals surface area contributed by atoms with E-state index in [4.69, 9.17) is 4.74 Å². The highest BCUT2D eigenvalue weighted by atomic mass is 32.2. The van der Waals surface area contributed by atoms with Gasteiger partial charge in [0.25, 0.3) is 0 Å². The number of thiazole rings is 1. The van der Waals surface area contributed by atoms with E-state index in [-0.39, 0.29) is 12.5 Å². The number of amides is 2. The predicted molar refractivity (Wildman–Crippen MR) is 107 cm³/mol. The summed E-state index contributed by atoms with van der Waals surface area (Å²) in [5.74, 6) is 0.803. The summed E-state index contributed by atoms with van der Waals surface area (Å²) in [5.41, 5.74) is 0.966. The highest BCUT2D eigenvalue weighted by Crippen LogP contribution is 2.28. The van der Waals surface area contributed by atoms with Gasteiger partial charge in [-0.2, -0.15) is 0 Å². The standard InChI is InChI=1S/C15H20N6O3S3/c1-3-24-14(23)18-12-16-9-5-6-21(7-10(9)26-12)8-11(22)17-13-19-20-15(27-13)25-4-2/h3-8H2,1-2H3,(H,16,18,23)(H,17,19,22). The van der Waals surface area contributed by atoms with Crippen molar-refractivity contribution in [1.29, 1.82) is 0 Å². The maximum atomic E-state index is 12.3. The molecule has 0 aromatic carbocycles. The quantitative estimate of drug-likeness (QED) is 0.512. The van der Waals surface area contributed by atoms with Crippen LogP contribution >= 0.6 is 34.4 Å². The predicted octanol–water partition coefficient (Wildman–Crippen LogP) is 2.67. The highest BCUT2D eigenvalue weighted by Gasteiger charge is 2.23. The molecule has 0 fully saturated rings. The summed E-state index contributed by atoms with van der Waals surface area (Å²) in [7, 11) is 0.